The first-order valence-electron chi connectivity index (χ1n) is 5.37. The zero-order chi connectivity index (χ0) is 11.8. The van der Waals surface area contributed by atoms with Crippen molar-refractivity contribution in [3.8, 4) is 11.1 Å². The number of anilines is 1. The molecule has 0 atom stereocenters. The van der Waals surface area contributed by atoms with Crippen molar-refractivity contribution in [2.75, 3.05) is 5.73 Å². The van der Waals surface area contributed by atoms with Crippen LogP contribution in [0.5, 0.6) is 0 Å². The van der Waals surface area contributed by atoms with Crippen LogP contribution in [0, 0.1) is 0 Å². The molecule has 4 heteroatoms. The lowest BCUT2D eigenvalue weighted by Gasteiger charge is -2.02. The Bertz CT molecular complexity index is 685. The molecule has 0 saturated heterocycles. The largest absolute Gasteiger partial charge is 0.384 e. The van der Waals surface area contributed by atoms with E-state index in [0.29, 0.717) is 5.82 Å². The Morgan fingerprint density at radius 1 is 1.06 bits per heavy atom. The predicted molar refractivity (Wildman–Crippen MR) is 68.4 cm³/mol. The van der Waals surface area contributed by atoms with Crippen molar-refractivity contribution in [2.45, 2.75) is 0 Å². The number of aromatic nitrogens is 3. The fraction of sp³-hybridized carbons (Fsp3) is 0.0769. The van der Waals surface area contributed by atoms with E-state index in [4.69, 9.17) is 5.73 Å². The molecular weight excluding hydrogens is 212 g/mol. The maximum atomic E-state index is 5.65. The summed E-state index contributed by atoms with van der Waals surface area (Å²) in [6.45, 7) is 0. The van der Waals surface area contributed by atoms with Crippen LogP contribution in [-0.2, 0) is 7.05 Å². The molecule has 0 aliphatic carbocycles. The molecule has 0 saturated carbocycles. The first-order chi connectivity index (χ1) is 8.22. The first kappa shape index (κ1) is 9.84. The number of aryl methyl sites for hydroxylation is 1. The van der Waals surface area contributed by atoms with E-state index in [2.05, 4.69) is 28.3 Å². The van der Waals surface area contributed by atoms with Crippen LogP contribution in [0.1, 0.15) is 0 Å². The molecule has 0 bridgehead atoms. The van der Waals surface area contributed by atoms with Crippen molar-refractivity contribution in [2.24, 2.45) is 7.05 Å². The van der Waals surface area contributed by atoms with Crippen LogP contribution >= 0.6 is 0 Å². The predicted octanol–water partition coefficient (Wildman–Crippen LogP) is 2.22. The van der Waals surface area contributed by atoms with Gasteiger partial charge in [0.15, 0.2) is 0 Å². The van der Waals surface area contributed by atoms with Crippen LogP contribution in [0.4, 0.5) is 5.82 Å². The SMILES string of the molecule is Cn1cc(-c2ccc3cc(N)ncc3c2)cn1. The van der Waals surface area contributed by atoms with E-state index in [1.54, 1.807) is 10.9 Å². The van der Waals surface area contributed by atoms with Crippen LogP contribution in [0.15, 0.2) is 42.9 Å². The summed E-state index contributed by atoms with van der Waals surface area (Å²) in [5, 5.41) is 6.35. The second-order valence-electron chi connectivity index (χ2n) is 4.07. The van der Waals surface area contributed by atoms with Gasteiger partial charge in [0, 0.05) is 30.4 Å². The zero-order valence-electron chi connectivity index (χ0n) is 9.46. The van der Waals surface area contributed by atoms with Crippen molar-refractivity contribution in [3.63, 3.8) is 0 Å². The van der Waals surface area contributed by atoms with E-state index in [1.165, 1.54) is 0 Å². The van der Waals surface area contributed by atoms with Crippen LogP contribution in [0.25, 0.3) is 21.9 Å². The summed E-state index contributed by atoms with van der Waals surface area (Å²) >= 11 is 0. The summed E-state index contributed by atoms with van der Waals surface area (Å²) in [4.78, 5) is 4.10. The van der Waals surface area contributed by atoms with Gasteiger partial charge >= 0.3 is 0 Å². The average Bonchev–Trinajstić information content (AvgIpc) is 2.75. The van der Waals surface area contributed by atoms with E-state index >= 15 is 0 Å². The van der Waals surface area contributed by atoms with Gasteiger partial charge in [-0.2, -0.15) is 5.10 Å². The molecule has 0 amide bonds. The molecule has 0 aliphatic rings. The Labute approximate surface area is 98.7 Å². The van der Waals surface area contributed by atoms with E-state index in [0.717, 1.165) is 21.9 Å². The number of benzene rings is 1. The maximum Gasteiger partial charge on any atom is 0.123 e. The highest BCUT2D eigenvalue weighted by Crippen LogP contribution is 2.24. The molecule has 3 rings (SSSR count). The summed E-state index contributed by atoms with van der Waals surface area (Å²) in [5.41, 5.74) is 7.89. The third-order valence-corrected chi connectivity index (χ3v) is 2.78. The number of hydrogen-bond acceptors (Lipinski definition) is 3. The number of nitrogens with two attached hydrogens (primary N) is 1. The molecule has 2 heterocycles. The molecule has 0 fully saturated rings. The molecule has 0 radical (unpaired) electrons. The lowest BCUT2D eigenvalue weighted by Crippen LogP contribution is -1.88. The summed E-state index contributed by atoms with van der Waals surface area (Å²) in [5.74, 6) is 0.548. The maximum absolute atomic E-state index is 5.65. The van der Waals surface area contributed by atoms with Gasteiger partial charge in [-0.3, -0.25) is 4.68 Å². The quantitative estimate of drug-likeness (QED) is 0.689. The van der Waals surface area contributed by atoms with Gasteiger partial charge in [0.05, 0.1) is 6.20 Å². The lowest BCUT2D eigenvalue weighted by molar-refractivity contribution is 0.768. The van der Waals surface area contributed by atoms with Gasteiger partial charge in [0.2, 0.25) is 0 Å². The standard InChI is InChI=1S/C13H12N4/c1-17-8-12(7-16-17)9-2-3-10-5-13(14)15-6-11(10)4-9/h2-8H,1H3,(H2,14,15). The van der Waals surface area contributed by atoms with Crippen molar-refractivity contribution in [1.82, 2.24) is 14.8 Å². The molecule has 0 aliphatic heterocycles. The molecule has 1 aromatic carbocycles. The highest BCUT2D eigenvalue weighted by molar-refractivity contribution is 5.87. The lowest BCUT2D eigenvalue weighted by atomic mass is 10.1. The van der Waals surface area contributed by atoms with Crippen LogP contribution in [-0.4, -0.2) is 14.8 Å². The van der Waals surface area contributed by atoms with Crippen molar-refractivity contribution in [3.05, 3.63) is 42.9 Å². The average molecular weight is 224 g/mol. The Morgan fingerprint density at radius 2 is 1.94 bits per heavy atom. The van der Waals surface area contributed by atoms with Crippen LogP contribution < -0.4 is 5.73 Å². The summed E-state index contributed by atoms with van der Waals surface area (Å²) < 4.78 is 1.79. The van der Waals surface area contributed by atoms with Gasteiger partial charge in [0.25, 0.3) is 0 Å². The topological polar surface area (TPSA) is 56.7 Å². The number of nitrogen functional groups attached to an aromatic ring is 1. The van der Waals surface area contributed by atoms with Gasteiger partial charge in [-0.15, -0.1) is 0 Å². The third kappa shape index (κ3) is 1.73. The molecular formula is C13H12N4. The van der Waals surface area contributed by atoms with E-state index in [1.807, 2.05) is 25.5 Å². The smallest absolute Gasteiger partial charge is 0.123 e. The second kappa shape index (κ2) is 3.59. The van der Waals surface area contributed by atoms with E-state index in [-0.39, 0.29) is 0 Å². The Morgan fingerprint density at radius 3 is 2.71 bits per heavy atom. The molecule has 3 aromatic rings. The van der Waals surface area contributed by atoms with Gasteiger partial charge in [-0.1, -0.05) is 12.1 Å². The number of hydrogen-bond donors (Lipinski definition) is 1. The summed E-state index contributed by atoms with van der Waals surface area (Å²) in [6, 6.07) is 8.09. The number of nitrogens with zero attached hydrogens (tertiary/aromatic N) is 3. The minimum Gasteiger partial charge on any atom is -0.384 e. The Kier molecular flexibility index (Phi) is 2.08. The molecule has 84 valence electrons. The Balaban J connectivity index is 2.16. The van der Waals surface area contributed by atoms with Crippen molar-refractivity contribution < 1.29 is 0 Å². The molecule has 4 nitrogen and oxygen atoms in total. The number of fused-ring (bicyclic) bond motifs is 1. The first-order valence-corrected chi connectivity index (χ1v) is 5.37. The normalized spacial score (nSPS) is 10.9. The van der Waals surface area contributed by atoms with Gasteiger partial charge in [-0.05, 0) is 23.1 Å². The summed E-state index contributed by atoms with van der Waals surface area (Å²) in [7, 11) is 1.91. The van der Waals surface area contributed by atoms with Gasteiger partial charge in [-0.25, -0.2) is 4.98 Å². The van der Waals surface area contributed by atoms with Crippen LogP contribution in [0.3, 0.4) is 0 Å². The number of rotatable bonds is 1. The second-order valence-corrected chi connectivity index (χ2v) is 4.07. The fourth-order valence-corrected chi connectivity index (χ4v) is 1.91. The van der Waals surface area contributed by atoms with Crippen molar-refractivity contribution in [1.29, 1.82) is 0 Å². The Hall–Kier alpha value is -2.36. The minimum atomic E-state index is 0.548. The van der Waals surface area contributed by atoms with Gasteiger partial charge in [0.1, 0.15) is 5.82 Å². The monoisotopic (exact) mass is 224 g/mol. The molecule has 0 unspecified atom stereocenters. The fourth-order valence-electron chi connectivity index (χ4n) is 1.91. The highest BCUT2D eigenvalue weighted by atomic mass is 15.2. The molecule has 2 aromatic heterocycles. The van der Waals surface area contributed by atoms with E-state index < -0.39 is 0 Å². The van der Waals surface area contributed by atoms with E-state index in [9.17, 15) is 0 Å². The minimum absolute atomic E-state index is 0.548. The number of pyridine rings is 1. The van der Waals surface area contributed by atoms with Crippen molar-refractivity contribution >= 4 is 16.6 Å². The molecule has 17 heavy (non-hydrogen) atoms. The summed E-state index contributed by atoms with van der Waals surface area (Å²) in [6.07, 6.45) is 5.64. The third-order valence-electron chi connectivity index (χ3n) is 2.78. The molecule has 0 spiro atoms. The van der Waals surface area contributed by atoms with Crippen LogP contribution in [0.2, 0.25) is 0 Å². The molecule has 2 N–H and O–H groups in total. The highest BCUT2D eigenvalue weighted by Gasteiger charge is 2.02. The van der Waals surface area contributed by atoms with Gasteiger partial charge < -0.3 is 5.73 Å². The zero-order valence-corrected chi connectivity index (χ0v) is 9.46.